The molecule has 1 aliphatic rings. The van der Waals surface area contributed by atoms with Gasteiger partial charge in [0.1, 0.15) is 5.82 Å². The third-order valence-corrected chi connectivity index (χ3v) is 5.42. The second-order valence-corrected chi connectivity index (χ2v) is 7.11. The van der Waals surface area contributed by atoms with Crippen LogP contribution in [-0.4, -0.2) is 22.6 Å². The number of para-hydroxylation sites is 2. The van der Waals surface area contributed by atoms with Crippen molar-refractivity contribution in [2.24, 2.45) is 5.92 Å². The molecular weight excluding hydrogens is 290 g/mol. The monoisotopic (exact) mass is 311 g/mol. The molecular formula is C18H21N3S. The van der Waals surface area contributed by atoms with Gasteiger partial charge in [-0.25, -0.2) is 4.98 Å². The molecule has 1 saturated heterocycles. The van der Waals surface area contributed by atoms with E-state index >= 15 is 0 Å². The van der Waals surface area contributed by atoms with Gasteiger partial charge in [-0.3, -0.25) is 0 Å². The van der Waals surface area contributed by atoms with Gasteiger partial charge in [0.25, 0.3) is 0 Å². The van der Waals surface area contributed by atoms with Crippen LogP contribution in [0.25, 0.3) is 11.0 Å². The molecule has 22 heavy (non-hydrogen) atoms. The van der Waals surface area contributed by atoms with Gasteiger partial charge in [0.15, 0.2) is 0 Å². The number of thiophene rings is 1. The SMILES string of the molecule is c1csc(Cc2nc3ccccc3n2CC2CCNCC2)c1. The molecule has 0 unspecified atom stereocenters. The van der Waals surface area contributed by atoms with Gasteiger partial charge in [-0.1, -0.05) is 18.2 Å². The first kappa shape index (κ1) is 14.0. The first-order valence-electron chi connectivity index (χ1n) is 8.07. The summed E-state index contributed by atoms with van der Waals surface area (Å²) in [5.41, 5.74) is 2.41. The van der Waals surface area contributed by atoms with E-state index in [0.717, 1.165) is 37.5 Å². The molecule has 3 aromatic rings. The van der Waals surface area contributed by atoms with E-state index in [9.17, 15) is 0 Å². The summed E-state index contributed by atoms with van der Waals surface area (Å²) >= 11 is 1.82. The molecule has 0 amide bonds. The predicted octanol–water partition coefficient (Wildman–Crippen LogP) is 3.69. The van der Waals surface area contributed by atoms with Crippen LogP contribution in [0.5, 0.6) is 0 Å². The van der Waals surface area contributed by atoms with Crippen molar-refractivity contribution in [1.29, 1.82) is 0 Å². The Balaban J connectivity index is 1.69. The van der Waals surface area contributed by atoms with Gasteiger partial charge in [0.2, 0.25) is 0 Å². The summed E-state index contributed by atoms with van der Waals surface area (Å²) in [5.74, 6) is 1.98. The molecule has 1 N–H and O–H groups in total. The number of piperidine rings is 1. The quantitative estimate of drug-likeness (QED) is 0.796. The molecule has 2 aromatic heterocycles. The number of imidazole rings is 1. The number of benzene rings is 1. The highest BCUT2D eigenvalue weighted by molar-refractivity contribution is 7.09. The smallest absolute Gasteiger partial charge is 0.115 e. The van der Waals surface area contributed by atoms with E-state index in [1.165, 1.54) is 29.1 Å². The minimum absolute atomic E-state index is 0.765. The number of fused-ring (bicyclic) bond motifs is 1. The Morgan fingerprint density at radius 1 is 1.14 bits per heavy atom. The fourth-order valence-corrected chi connectivity index (χ4v) is 4.06. The van der Waals surface area contributed by atoms with Crippen LogP contribution in [0.4, 0.5) is 0 Å². The molecule has 0 saturated carbocycles. The van der Waals surface area contributed by atoms with E-state index in [0.29, 0.717) is 0 Å². The van der Waals surface area contributed by atoms with E-state index in [-0.39, 0.29) is 0 Å². The Hall–Kier alpha value is -1.65. The summed E-state index contributed by atoms with van der Waals surface area (Å²) in [7, 11) is 0. The highest BCUT2D eigenvalue weighted by Gasteiger charge is 2.18. The van der Waals surface area contributed by atoms with Crippen molar-refractivity contribution in [3.05, 3.63) is 52.5 Å². The van der Waals surface area contributed by atoms with E-state index < -0.39 is 0 Å². The van der Waals surface area contributed by atoms with E-state index in [2.05, 4.69) is 51.7 Å². The van der Waals surface area contributed by atoms with Crippen LogP contribution in [-0.2, 0) is 13.0 Å². The number of hydrogen-bond donors (Lipinski definition) is 1. The lowest BCUT2D eigenvalue weighted by atomic mass is 9.98. The van der Waals surface area contributed by atoms with Crippen molar-refractivity contribution in [2.75, 3.05) is 13.1 Å². The molecule has 3 nitrogen and oxygen atoms in total. The third-order valence-electron chi connectivity index (χ3n) is 4.55. The van der Waals surface area contributed by atoms with Gasteiger partial charge in [-0.05, 0) is 55.4 Å². The molecule has 1 aliphatic heterocycles. The first-order chi connectivity index (χ1) is 10.9. The largest absolute Gasteiger partial charge is 0.327 e. The molecule has 1 aromatic carbocycles. The Morgan fingerprint density at radius 2 is 2.00 bits per heavy atom. The van der Waals surface area contributed by atoms with Crippen molar-refractivity contribution in [1.82, 2.24) is 14.9 Å². The average molecular weight is 311 g/mol. The second-order valence-electron chi connectivity index (χ2n) is 6.08. The fraction of sp³-hybridized carbons (Fsp3) is 0.389. The Morgan fingerprint density at radius 3 is 2.82 bits per heavy atom. The van der Waals surface area contributed by atoms with Crippen molar-refractivity contribution < 1.29 is 0 Å². The normalized spacial score (nSPS) is 16.4. The lowest BCUT2D eigenvalue weighted by molar-refractivity contribution is 0.333. The molecule has 0 radical (unpaired) electrons. The van der Waals surface area contributed by atoms with Crippen LogP contribution in [0.1, 0.15) is 23.5 Å². The average Bonchev–Trinajstić information content (AvgIpc) is 3.18. The van der Waals surface area contributed by atoms with Crippen molar-refractivity contribution in [2.45, 2.75) is 25.8 Å². The minimum Gasteiger partial charge on any atom is -0.327 e. The molecule has 0 spiro atoms. The van der Waals surface area contributed by atoms with E-state index in [1.807, 2.05) is 11.3 Å². The molecule has 4 heteroatoms. The second kappa shape index (κ2) is 6.23. The molecule has 4 rings (SSSR count). The molecule has 0 aliphatic carbocycles. The number of hydrogen-bond acceptors (Lipinski definition) is 3. The van der Waals surface area contributed by atoms with Gasteiger partial charge >= 0.3 is 0 Å². The zero-order valence-corrected chi connectivity index (χ0v) is 13.5. The first-order valence-corrected chi connectivity index (χ1v) is 8.95. The molecule has 1 fully saturated rings. The standard InChI is InChI=1S/C18H21N3S/c1-2-6-17-16(5-1)20-18(12-15-4-3-11-22-15)21(17)13-14-7-9-19-10-8-14/h1-6,11,14,19H,7-10,12-13H2. The maximum atomic E-state index is 4.91. The van der Waals surface area contributed by atoms with Crippen LogP contribution >= 0.6 is 11.3 Å². The molecule has 3 heterocycles. The summed E-state index contributed by atoms with van der Waals surface area (Å²) in [6.07, 6.45) is 3.48. The van der Waals surface area contributed by atoms with E-state index in [4.69, 9.17) is 4.98 Å². The van der Waals surface area contributed by atoms with Crippen LogP contribution in [0.15, 0.2) is 41.8 Å². The van der Waals surface area contributed by atoms with Crippen molar-refractivity contribution in [3.8, 4) is 0 Å². The number of aromatic nitrogens is 2. The summed E-state index contributed by atoms with van der Waals surface area (Å²) in [4.78, 5) is 6.30. The number of nitrogens with one attached hydrogen (secondary N) is 1. The lowest BCUT2D eigenvalue weighted by Gasteiger charge is -2.24. The summed E-state index contributed by atoms with van der Waals surface area (Å²) in [6.45, 7) is 3.40. The van der Waals surface area contributed by atoms with Crippen molar-refractivity contribution in [3.63, 3.8) is 0 Å². The summed E-state index contributed by atoms with van der Waals surface area (Å²) < 4.78 is 2.46. The van der Waals surface area contributed by atoms with Gasteiger partial charge in [0.05, 0.1) is 11.0 Å². The zero-order valence-electron chi connectivity index (χ0n) is 12.7. The Kier molecular flexibility index (Phi) is 3.95. The maximum Gasteiger partial charge on any atom is 0.115 e. The molecule has 114 valence electrons. The van der Waals surface area contributed by atoms with Crippen LogP contribution in [0, 0.1) is 5.92 Å². The topological polar surface area (TPSA) is 29.9 Å². The minimum atomic E-state index is 0.765. The highest BCUT2D eigenvalue weighted by atomic mass is 32.1. The fourth-order valence-electron chi connectivity index (χ4n) is 3.36. The van der Waals surface area contributed by atoms with Crippen LogP contribution in [0.3, 0.4) is 0 Å². The van der Waals surface area contributed by atoms with E-state index in [1.54, 1.807) is 0 Å². The van der Waals surface area contributed by atoms with Gasteiger partial charge < -0.3 is 9.88 Å². The Bertz CT molecular complexity index is 739. The summed E-state index contributed by atoms with van der Waals surface area (Å²) in [5, 5.41) is 5.61. The highest BCUT2D eigenvalue weighted by Crippen LogP contribution is 2.24. The van der Waals surface area contributed by atoms with Gasteiger partial charge in [-0.15, -0.1) is 11.3 Å². The number of rotatable bonds is 4. The zero-order chi connectivity index (χ0) is 14.8. The number of nitrogens with zero attached hydrogens (tertiary/aromatic N) is 2. The Labute approximate surface area is 135 Å². The predicted molar refractivity (Wildman–Crippen MR) is 92.5 cm³/mol. The van der Waals surface area contributed by atoms with Crippen LogP contribution < -0.4 is 5.32 Å². The lowest BCUT2D eigenvalue weighted by Crippen LogP contribution is -2.30. The van der Waals surface area contributed by atoms with Crippen LogP contribution in [0.2, 0.25) is 0 Å². The maximum absolute atomic E-state index is 4.91. The van der Waals surface area contributed by atoms with Gasteiger partial charge in [-0.2, -0.15) is 0 Å². The van der Waals surface area contributed by atoms with Gasteiger partial charge in [0, 0.05) is 17.8 Å². The van der Waals surface area contributed by atoms with Crippen molar-refractivity contribution >= 4 is 22.4 Å². The summed E-state index contributed by atoms with van der Waals surface area (Å²) in [6, 6.07) is 12.9. The third kappa shape index (κ3) is 2.81. The molecule has 0 bridgehead atoms. The molecule has 0 atom stereocenters.